The van der Waals surface area contributed by atoms with Gasteiger partial charge in [0.1, 0.15) is 18.1 Å². The molecule has 2 aliphatic heterocycles. The lowest BCUT2D eigenvalue weighted by atomic mass is 10.1. The molecule has 2 aromatic carbocycles. The number of thioether (sulfide) groups is 1. The average Bonchev–Trinajstić information content (AvgIpc) is 3.56. The number of nitrogens with one attached hydrogen (secondary N) is 1. The normalized spacial score (nSPS) is 15.7. The van der Waals surface area contributed by atoms with Crippen LogP contribution in [0, 0.1) is 10.1 Å². The molecule has 11 nitrogen and oxygen atoms in total. The van der Waals surface area contributed by atoms with Crippen molar-refractivity contribution in [3.8, 4) is 22.8 Å². The molecule has 176 valence electrons. The molecule has 0 aliphatic carbocycles. The van der Waals surface area contributed by atoms with Crippen LogP contribution in [-0.2, 0) is 9.59 Å². The summed E-state index contributed by atoms with van der Waals surface area (Å²) in [7, 11) is 0. The van der Waals surface area contributed by atoms with Crippen LogP contribution in [-0.4, -0.2) is 40.2 Å². The van der Waals surface area contributed by atoms with Crippen molar-refractivity contribution in [2.24, 2.45) is 0 Å². The zero-order valence-corrected chi connectivity index (χ0v) is 18.6. The fourth-order valence-electron chi connectivity index (χ4n) is 3.44. The summed E-state index contributed by atoms with van der Waals surface area (Å²) in [4.78, 5) is 49.0. The summed E-state index contributed by atoms with van der Waals surface area (Å²) in [5, 5.41) is 13.0. The summed E-state index contributed by atoms with van der Waals surface area (Å²) in [5.74, 6) is 0.502. The number of nitro groups is 1. The van der Waals surface area contributed by atoms with Gasteiger partial charge in [-0.25, -0.2) is 0 Å². The van der Waals surface area contributed by atoms with Gasteiger partial charge >= 0.3 is 0 Å². The first-order valence-electron chi connectivity index (χ1n) is 10.2. The van der Waals surface area contributed by atoms with Crippen molar-refractivity contribution < 1.29 is 33.2 Å². The zero-order valence-electron chi connectivity index (χ0n) is 17.8. The van der Waals surface area contributed by atoms with Gasteiger partial charge in [-0.2, -0.15) is 0 Å². The van der Waals surface area contributed by atoms with Crippen LogP contribution in [0.4, 0.5) is 16.2 Å². The number of nitrogens with zero attached hydrogens (tertiary/aromatic N) is 2. The van der Waals surface area contributed by atoms with Crippen molar-refractivity contribution in [3.63, 3.8) is 0 Å². The third-order valence-electron chi connectivity index (χ3n) is 5.07. The number of imide groups is 1. The highest BCUT2D eigenvalue weighted by Crippen LogP contribution is 2.35. The Morgan fingerprint density at radius 1 is 1.11 bits per heavy atom. The number of nitro benzene ring substituents is 1. The number of hydrogen-bond acceptors (Lipinski definition) is 9. The molecule has 1 aromatic heterocycles. The number of rotatable bonds is 6. The van der Waals surface area contributed by atoms with E-state index in [4.69, 9.17) is 13.9 Å². The quantitative estimate of drug-likeness (QED) is 0.303. The van der Waals surface area contributed by atoms with Crippen molar-refractivity contribution >= 4 is 46.3 Å². The molecule has 1 saturated heterocycles. The first-order valence-corrected chi connectivity index (χ1v) is 11.0. The Hall–Kier alpha value is -4.58. The van der Waals surface area contributed by atoms with E-state index in [0.29, 0.717) is 40.3 Å². The van der Waals surface area contributed by atoms with Crippen molar-refractivity contribution in [2.45, 2.75) is 0 Å². The SMILES string of the molecule is O=C(CN1C(=O)S/C(=C/c2ccc(-c3cccc([N+](=O)[O-])c3)o2)C1=O)Nc1ccc2c(c1)OCO2. The molecule has 12 heteroatoms. The molecule has 0 spiro atoms. The molecule has 3 amide bonds. The Morgan fingerprint density at radius 2 is 1.94 bits per heavy atom. The number of anilines is 1. The lowest BCUT2D eigenvalue weighted by molar-refractivity contribution is -0.384. The Morgan fingerprint density at radius 3 is 2.77 bits per heavy atom. The van der Waals surface area contributed by atoms with E-state index in [1.54, 1.807) is 36.4 Å². The minimum Gasteiger partial charge on any atom is -0.457 e. The fraction of sp³-hybridized carbons (Fsp3) is 0.0870. The van der Waals surface area contributed by atoms with E-state index in [1.807, 2.05) is 0 Å². The van der Waals surface area contributed by atoms with Crippen molar-refractivity contribution in [1.29, 1.82) is 0 Å². The molecule has 35 heavy (non-hydrogen) atoms. The molecule has 0 atom stereocenters. The fourth-order valence-corrected chi connectivity index (χ4v) is 4.26. The molecular formula is C23H15N3O8S. The first kappa shape index (κ1) is 22.2. The lowest BCUT2D eigenvalue weighted by Gasteiger charge is -2.12. The van der Waals surface area contributed by atoms with Crippen LogP contribution in [0.1, 0.15) is 5.76 Å². The maximum Gasteiger partial charge on any atom is 0.294 e. The maximum absolute atomic E-state index is 12.7. The molecule has 1 N–H and O–H groups in total. The number of benzene rings is 2. The number of carbonyl (C=O) groups excluding carboxylic acids is 3. The van der Waals surface area contributed by atoms with E-state index in [-0.39, 0.29) is 23.1 Å². The highest BCUT2D eigenvalue weighted by atomic mass is 32.2. The van der Waals surface area contributed by atoms with E-state index in [2.05, 4.69) is 5.32 Å². The van der Waals surface area contributed by atoms with Crippen molar-refractivity contribution in [2.75, 3.05) is 18.7 Å². The van der Waals surface area contributed by atoms with Gasteiger partial charge in [-0.3, -0.25) is 29.4 Å². The van der Waals surface area contributed by atoms with E-state index >= 15 is 0 Å². The standard InChI is InChI=1S/C23H15N3O8S/c27-21(24-14-4-6-18-19(9-14)33-12-32-18)11-25-22(28)20(35-23(25)29)10-16-5-7-17(34-16)13-2-1-3-15(8-13)26(30)31/h1-10H,11-12H2,(H,24,27)/b20-10+. The number of furan rings is 1. The third-order valence-corrected chi connectivity index (χ3v) is 5.98. The topological polar surface area (TPSA) is 141 Å². The highest BCUT2D eigenvalue weighted by molar-refractivity contribution is 8.18. The second kappa shape index (κ2) is 8.99. The number of carbonyl (C=O) groups is 3. The second-order valence-corrected chi connectivity index (χ2v) is 8.39. The average molecular weight is 493 g/mol. The van der Waals surface area contributed by atoms with Crippen molar-refractivity contribution in [3.05, 3.63) is 75.4 Å². The summed E-state index contributed by atoms with van der Waals surface area (Å²) in [6, 6.07) is 14.0. The van der Waals surface area contributed by atoms with Gasteiger partial charge in [-0.05, 0) is 36.0 Å². The summed E-state index contributed by atoms with van der Waals surface area (Å²) >= 11 is 0.685. The van der Waals surface area contributed by atoms with E-state index in [1.165, 1.54) is 24.3 Å². The van der Waals surface area contributed by atoms with Crippen LogP contribution in [0.15, 0.2) is 63.9 Å². The minimum atomic E-state index is -0.630. The van der Waals surface area contributed by atoms with Crippen LogP contribution in [0.5, 0.6) is 11.5 Å². The van der Waals surface area contributed by atoms with E-state index < -0.39 is 28.5 Å². The summed E-state index contributed by atoms with van der Waals surface area (Å²) < 4.78 is 16.2. The molecule has 1 fully saturated rings. The molecular weight excluding hydrogens is 478 g/mol. The van der Waals surface area contributed by atoms with Gasteiger partial charge < -0.3 is 19.2 Å². The number of fused-ring (bicyclic) bond motifs is 1. The van der Waals surface area contributed by atoms with Gasteiger partial charge in [-0.1, -0.05) is 12.1 Å². The number of hydrogen-bond donors (Lipinski definition) is 1. The molecule has 0 saturated carbocycles. The Balaban J connectivity index is 1.26. The van der Waals surface area contributed by atoms with Crippen LogP contribution in [0.25, 0.3) is 17.4 Å². The zero-order chi connectivity index (χ0) is 24.5. The van der Waals surface area contributed by atoms with Gasteiger partial charge in [-0.15, -0.1) is 0 Å². The molecule has 3 heterocycles. The number of ether oxygens (including phenoxy) is 2. The molecule has 0 radical (unpaired) electrons. The Kier molecular flexibility index (Phi) is 5.71. The van der Waals surface area contributed by atoms with Gasteiger partial charge in [0.2, 0.25) is 12.7 Å². The van der Waals surface area contributed by atoms with Gasteiger partial charge in [0, 0.05) is 35.5 Å². The lowest BCUT2D eigenvalue weighted by Crippen LogP contribution is -2.36. The predicted molar refractivity (Wildman–Crippen MR) is 125 cm³/mol. The number of amides is 3. The van der Waals surface area contributed by atoms with Gasteiger partial charge in [0.05, 0.1) is 9.83 Å². The predicted octanol–water partition coefficient (Wildman–Crippen LogP) is 4.26. The first-order chi connectivity index (χ1) is 16.9. The maximum atomic E-state index is 12.7. The molecule has 2 aliphatic rings. The Labute approximate surface area is 201 Å². The summed E-state index contributed by atoms with van der Waals surface area (Å²) in [6.45, 7) is -0.369. The highest BCUT2D eigenvalue weighted by Gasteiger charge is 2.36. The monoisotopic (exact) mass is 493 g/mol. The van der Waals surface area contributed by atoms with Crippen LogP contribution in [0.3, 0.4) is 0 Å². The number of non-ortho nitro benzene ring substituents is 1. The molecule has 0 bridgehead atoms. The molecule has 0 unspecified atom stereocenters. The minimum absolute atomic E-state index is 0.0828. The van der Waals surface area contributed by atoms with E-state index in [0.717, 1.165) is 4.90 Å². The second-order valence-electron chi connectivity index (χ2n) is 7.39. The van der Waals surface area contributed by atoms with Gasteiger partial charge in [0.25, 0.3) is 16.8 Å². The van der Waals surface area contributed by atoms with E-state index in [9.17, 15) is 24.5 Å². The summed E-state index contributed by atoms with van der Waals surface area (Å²) in [6.07, 6.45) is 1.39. The molecule has 3 aromatic rings. The van der Waals surface area contributed by atoms with Crippen LogP contribution in [0.2, 0.25) is 0 Å². The molecule has 5 rings (SSSR count). The van der Waals surface area contributed by atoms with Crippen molar-refractivity contribution in [1.82, 2.24) is 4.90 Å². The van der Waals surface area contributed by atoms with Crippen LogP contribution >= 0.6 is 11.8 Å². The Bertz CT molecular complexity index is 1410. The summed E-state index contributed by atoms with van der Waals surface area (Å²) in [5.41, 5.74) is 0.846. The smallest absolute Gasteiger partial charge is 0.294 e. The third kappa shape index (κ3) is 4.59. The van der Waals surface area contributed by atoms with Crippen LogP contribution < -0.4 is 14.8 Å². The largest absolute Gasteiger partial charge is 0.457 e. The van der Waals surface area contributed by atoms with Gasteiger partial charge in [0.15, 0.2) is 11.5 Å².